The minimum atomic E-state index is -3.01. The molecule has 5 nitrogen and oxygen atoms in total. The van der Waals surface area contributed by atoms with Crippen LogP contribution in [0, 0.1) is 0 Å². The number of hydrogen-bond donors (Lipinski definition) is 1. The van der Waals surface area contributed by atoms with Crippen LogP contribution in [0.25, 0.3) is 0 Å². The lowest BCUT2D eigenvalue weighted by Gasteiger charge is -2.05. The van der Waals surface area contributed by atoms with Crippen LogP contribution in [-0.2, 0) is 9.84 Å². The Morgan fingerprint density at radius 1 is 1.62 bits per heavy atom. The summed E-state index contributed by atoms with van der Waals surface area (Å²) < 4.78 is 27.6. The first-order valence-electron chi connectivity index (χ1n) is 4.03. The molecule has 1 aliphatic rings. The number of nitrogen functional groups attached to an aromatic ring is 1. The Hall–Kier alpha value is -1.04. The minimum absolute atomic E-state index is 0.121. The third-order valence-electron chi connectivity index (χ3n) is 2.30. The molecule has 6 heteroatoms. The fourth-order valence-electron chi connectivity index (χ4n) is 1.64. The number of nitrogens with zero attached hydrogens (tertiary/aromatic N) is 1. The van der Waals surface area contributed by atoms with E-state index >= 15 is 0 Å². The highest BCUT2D eigenvalue weighted by molar-refractivity contribution is 7.91. The van der Waals surface area contributed by atoms with Crippen molar-refractivity contribution in [1.82, 2.24) is 5.16 Å². The Morgan fingerprint density at radius 2 is 2.38 bits per heavy atom. The number of nitrogens with two attached hydrogens (primary N) is 1. The molecule has 0 aromatic carbocycles. The standard InChI is InChI=1S/C7H10N2O3S/c8-7-5(4-9-12-7)6-2-1-3-13(6,10)11/h4,6H,1-3,8H2. The number of anilines is 1. The van der Waals surface area contributed by atoms with Crippen molar-refractivity contribution in [3.8, 4) is 0 Å². The van der Waals surface area contributed by atoms with Gasteiger partial charge >= 0.3 is 0 Å². The fraction of sp³-hybridized carbons (Fsp3) is 0.571. The van der Waals surface area contributed by atoms with Crippen LogP contribution in [0.4, 0.5) is 5.88 Å². The second-order valence-electron chi connectivity index (χ2n) is 3.14. The molecule has 1 aromatic heterocycles. The van der Waals surface area contributed by atoms with Gasteiger partial charge < -0.3 is 10.3 Å². The highest BCUT2D eigenvalue weighted by Crippen LogP contribution is 2.36. The molecule has 1 atom stereocenters. The van der Waals surface area contributed by atoms with Gasteiger partial charge in [-0.05, 0) is 12.8 Å². The SMILES string of the molecule is Nc1oncc1C1CCCS1(=O)=O. The quantitative estimate of drug-likeness (QED) is 0.716. The molecule has 0 amide bonds. The molecule has 2 heterocycles. The first-order chi connectivity index (χ1) is 6.11. The van der Waals surface area contributed by atoms with Crippen LogP contribution < -0.4 is 5.73 Å². The number of rotatable bonds is 1. The van der Waals surface area contributed by atoms with Gasteiger partial charge in [-0.1, -0.05) is 5.16 Å². The predicted molar refractivity (Wildman–Crippen MR) is 46.7 cm³/mol. The van der Waals surface area contributed by atoms with Crippen LogP contribution in [0.2, 0.25) is 0 Å². The summed E-state index contributed by atoms with van der Waals surface area (Å²) in [6, 6.07) is 0. The zero-order chi connectivity index (χ0) is 9.47. The smallest absolute Gasteiger partial charge is 0.226 e. The molecular weight excluding hydrogens is 192 g/mol. The van der Waals surface area contributed by atoms with E-state index in [0.29, 0.717) is 18.4 Å². The van der Waals surface area contributed by atoms with Gasteiger partial charge in [-0.3, -0.25) is 0 Å². The summed E-state index contributed by atoms with van der Waals surface area (Å²) in [6.45, 7) is 0. The Labute approximate surface area is 75.8 Å². The second kappa shape index (κ2) is 2.73. The van der Waals surface area contributed by atoms with Gasteiger partial charge in [0.05, 0.1) is 22.8 Å². The monoisotopic (exact) mass is 202 g/mol. The van der Waals surface area contributed by atoms with Gasteiger partial charge in [0.25, 0.3) is 0 Å². The lowest BCUT2D eigenvalue weighted by molar-refractivity contribution is 0.436. The maximum atomic E-state index is 11.5. The second-order valence-corrected chi connectivity index (χ2v) is 5.45. The Morgan fingerprint density at radius 3 is 2.85 bits per heavy atom. The molecule has 1 aromatic rings. The van der Waals surface area contributed by atoms with Gasteiger partial charge in [-0.25, -0.2) is 8.42 Å². The van der Waals surface area contributed by atoms with E-state index in [9.17, 15) is 8.42 Å². The van der Waals surface area contributed by atoms with Crippen molar-refractivity contribution >= 4 is 15.7 Å². The Kier molecular flexibility index (Phi) is 1.80. The van der Waals surface area contributed by atoms with Gasteiger partial charge in [-0.2, -0.15) is 0 Å². The Balaban J connectivity index is 2.43. The lowest BCUT2D eigenvalue weighted by atomic mass is 10.1. The maximum Gasteiger partial charge on any atom is 0.226 e. The number of sulfone groups is 1. The molecule has 0 spiro atoms. The van der Waals surface area contributed by atoms with Crippen LogP contribution in [0.1, 0.15) is 23.7 Å². The fourth-order valence-corrected chi connectivity index (χ4v) is 3.58. The summed E-state index contributed by atoms with van der Waals surface area (Å²) >= 11 is 0. The van der Waals surface area contributed by atoms with E-state index in [1.165, 1.54) is 6.20 Å². The summed E-state index contributed by atoms with van der Waals surface area (Å²) in [6.07, 6.45) is 2.70. The zero-order valence-corrected chi connectivity index (χ0v) is 7.75. The molecule has 72 valence electrons. The van der Waals surface area contributed by atoms with Crippen LogP contribution in [0.3, 0.4) is 0 Å². The molecule has 2 rings (SSSR count). The van der Waals surface area contributed by atoms with Crippen molar-refractivity contribution in [2.24, 2.45) is 0 Å². The van der Waals surface area contributed by atoms with E-state index in [4.69, 9.17) is 5.73 Å². The van der Waals surface area contributed by atoms with Crippen molar-refractivity contribution in [2.45, 2.75) is 18.1 Å². The molecule has 0 bridgehead atoms. The molecule has 1 fully saturated rings. The average molecular weight is 202 g/mol. The van der Waals surface area contributed by atoms with Crippen molar-refractivity contribution in [3.63, 3.8) is 0 Å². The molecule has 13 heavy (non-hydrogen) atoms. The van der Waals surface area contributed by atoms with E-state index in [2.05, 4.69) is 9.68 Å². The van der Waals surface area contributed by atoms with Crippen LogP contribution in [-0.4, -0.2) is 19.3 Å². The molecule has 1 aliphatic heterocycles. The summed E-state index contributed by atoms with van der Waals surface area (Å²) in [5.74, 6) is 0.359. The molecule has 0 radical (unpaired) electrons. The number of aromatic nitrogens is 1. The molecule has 0 aliphatic carbocycles. The van der Waals surface area contributed by atoms with Gasteiger partial charge in [0.2, 0.25) is 5.88 Å². The predicted octanol–water partition coefficient (Wildman–Crippen LogP) is 0.506. The van der Waals surface area contributed by atoms with Crippen LogP contribution in [0.5, 0.6) is 0 Å². The minimum Gasteiger partial charge on any atom is -0.367 e. The van der Waals surface area contributed by atoms with Crippen molar-refractivity contribution in [1.29, 1.82) is 0 Å². The van der Waals surface area contributed by atoms with E-state index < -0.39 is 15.1 Å². The van der Waals surface area contributed by atoms with Gasteiger partial charge in [0, 0.05) is 0 Å². The highest BCUT2D eigenvalue weighted by atomic mass is 32.2. The topological polar surface area (TPSA) is 86.2 Å². The molecule has 1 saturated heterocycles. The van der Waals surface area contributed by atoms with Crippen molar-refractivity contribution < 1.29 is 12.9 Å². The van der Waals surface area contributed by atoms with E-state index in [1.807, 2.05) is 0 Å². The number of hydrogen-bond acceptors (Lipinski definition) is 5. The molecule has 0 saturated carbocycles. The lowest BCUT2D eigenvalue weighted by Crippen LogP contribution is -2.08. The molecule has 2 N–H and O–H groups in total. The van der Waals surface area contributed by atoms with Gasteiger partial charge in [0.1, 0.15) is 0 Å². The van der Waals surface area contributed by atoms with Crippen molar-refractivity contribution in [2.75, 3.05) is 11.5 Å². The first-order valence-corrected chi connectivity index (χ1v) is 5.74. The average Bonchev–Trinajstić information content (AvgIpc) is 2.56. The maximum absolute atomic E-state index is 11.5. The van der Waals surface area contributed by atoms with Crippen LogP contribution >= 0.6 is 0 Å². The van der Waals surface area contributed by atoms with Crippen molar-refractivity contribution in [3.05, 3.63) is 11.8 Å². The summed E-state index contributed by atoms with van der Waals surface area (Å²) in [5, 5.41) is 2.97. The van der Waals surface area contributed by atoms with E-state index in [-0.39, 0.29) is 11.6 Å². The summed E-state index contributed by atoms with van der Waals surface area (Å²) in [4.78, 5) is 0. The van der Waals surface area contributed by atoms with Crippen LogP contribution in [0.15, 0.2) is 10.7 Å². The Bertz CT molecular complexity index is 409. The summed E-state index contributed by atoms with van der Waals surface area (Å²) in [7, 11) is -3.01. The molecular formula is C7H10N2O3S. The largest absolute Gasteiger partial charge is 0.367 e. The zero-order valence-electron chi connectivity index (χ0n) is 6.93. The molecule has 1 unspecified atom stereocenters. The van der Waals surface area contributed by atoms with E-state index in [1.54, 1.807) is 0 Å². The first kappa shape index (κ1) is 8.55. The summed E-state index contributed by atoms with van der Waals surface area (Å²) in [5.41, 5.74) is 5.96. The normalized spacial score (nSPS) is 26.3. The third kappa shape index (κ3) is 1.31. The highest BCUT2D eigenvalue weighted by Gasteiger charge is 2.35. The van der Waals surface area contributed by atoms with E-state index in [0.717, 1.165) is 0 Å². The van der Waals surface area contributed by atoms with Gasteiger partial charge in [-0.15, -0.1) is 0 Å². The third-order valence-corrected chi connectivity index (χ3v) is 4.52. The van der Waals surface area contributed by atoms with Gasteiger partial charge in [0.15, 0.2) is 9.84 Å².